The summed E-state index contributed by atoms with van der Waals surface area (Å²) in [5.74, 6) is 0. The van der Waals surface area contributed by atoms with Crippen LogP contribution in [0.3, 0.4) is 0 Å². The lowest BCUT2D eigenvalue weighted by molar-refractivity contribution is 1.71. The van der Waals surface area contributed by atoms with Crippen molar-refractivity contribution in [1.82, 2.24) is 0 Å². The molecule has 0 N–H and O–H groups in total. The molecule has 0 spiro atoms. The van der Waals surface area contributed by atoms with Crippen molar-refractivity contribution in [2.75, 3.05) is 0 Å². The van der Waals surface area contributed by atoms with Crippen LogP contribution in [-0.4, -0.2) is 23.0 Å². The van der Waals surface area contributed by atoms with E-state index in [-0.39, 0.29) is 0 Å². The van der Waals surface area contributed by atoms with Gasteiger partial charge in [-0.15, -0.1) is 0 Å². The van der Waals surface area contributed by atoms with Gasteiger partial charge in [-0.05, 0) is 0 Å². The van der Waals surface area contributed by atoms with E-state index in [0.29, 0.717) is 0 Å². The Bertz CT molecular complexity index is 495. The lowest BCUT2D eigenvalue weighted by atomic mass is 10.4. The highest BCUT2D eigenvalue weighted by atomic mass is 29.6. The first-order valence-electron chi connectivity index (χ1n) is 7.48. The molecular formula is C17H26Si3. The van der Waals surface area contributed by atoms with Crippen molar-refractivity contribution in [2.45, 2.75) is 32.7 Å². The molecule has 0 bridgehead atoms. The van der Waals surface area contributed by atoms with Crippen LogP contribution in [0.2, 0.25) is 32.7 Å². The first-order chi connectivity index (χ1) is 9.37. The standard InChI is InChI=1S/C17H26Si3/c1-18(19(2,3)16-12-8-6-9-13-16)20(4,5)17-14-10-7-11-15-17/h6-15,18H,1-5H3. The molecule has 0 fully saturated rings. The predicted octanol–water partition coefficient (Wildman–Crippen LogP) is 3.23. The molecule has 0 unspecified atom stereocenters. The van der Waals surface area contributed by atoms with E-state index in [9.17, 15) is 0 Å². The van der Waals surface area contributed by atoms with Crippen LogP contribution >= 0.6 is 0 Å². The fourth-order valence-electron chi connectivity index (χ4n) is 3.14. The average Bonchev–Trinajstić information content (AvgIpc) is 2.48. The minimum Gasteiger partial charge on any atom is -0.0750 e. The molecule has 2 aromatic carbocycles. The Morgan fingerprint density at radius 1 is 0.600 bits per heavy atom. The smallest absolute Gasteiger partial charge is 0.0683 e. The van der Waals surface area contributed by atoms with Gasteiger partial charge < -0.3 is 0 Å². The van der Waals surface area contributed by atoms with Gasteiger partial charge in [0.25, 0.3) is 0 Å². The van der Waals surface area contributed by atoms with E-state index in [4.69, 9.17) is 0 Å². The Morgan fingerprint density at radius 3 is 1.20 bits per heavy atom. The molecule has 0 atom stereocenters. The summed E-state index contributed by atoms with van der Waals surface area (Å²) < 4.78 is 0. The highest BCUT2D eigenvalue weighted by Crippen LogP contribution is 2.18. The van der Waals surface area contributed by atoms with Gasteiger partial charge in [0, 0.05) is 7.83 Å². The predicted molar refractivity (Wildman–Crippen MR) is 100 cm³/mol. The van der Waals surface area contributed by atoms with Crippen LogP contribution in [0.5, 0.6) is 0 Å². The van der Waals surface area contributed by atoms with Crippen LogP contribution in [0.1, 0.15) is 0 Å². The van der Waals surface area contributed by atoms with E-state index in [2.05, 4.69) is 93.4 Å². The molecule has 0 aliphatic carbocycles. The molecule has 0 aliphatic heterocycles. The maximum absolute atomic E-state index is 2.64. The van der Waals surface area contributed by atoms with Crippen molar-refractivity contribution in [3.8, 4) is 0 Å². The zero-order valence-electron chi connectivity index (χ0n) is 13.4. The van der Waals surface area contributed by atoms with Gasteiger partial charge in [-0.25, -0.2) is 0 Å². The molecule has 3 heteroatoms. The van der Waals surface area contributed by atoms with Gasteiger partial charge in [0.2, 0.25) is 0 Å². The minimum absolute atomic E-state index is 0.796. The van der Waals surface area contributed by atoms with Gasteiger partial charge in [0.05, 0.1) is 15.2 Å². The molecule has 2 rings (SSSR count). The molecule has 0 saturated heterocycles. The van der Waals surface area contributed by atoms with Crippen LogP contribution in [-0.2, 0) is 0 Å². The second kappa shape index (κ2) is 5.84. The summed E-state index contributed by atoms with van der Waals surface area (Å²) in [5.41, 5.74) is 0. The van der Waals surface area contributed by atoms with Crippen molar-refractivity contribution in [3.05, 3.63) is 60.7 Å². The van der Waals surface area contributed by atoms with E-state index in [1.807, 2.05) is 0 Å². The second-order valence-corrected chi connectivity index (χ2v) is 32.0. The molecular weight excluding hydrogens is 288 g/mol. The molecule has 0 aliphatic rings. The topological polar surface area (TPSA) is 0 Å². The fourth-order valence-corrected chi connectivity index (χ4v) is 36.9. The molecule has 106 valence electrons. The zero-order valence-corrected chi connectivity index (χ0v) is 16.5. The lowest BCUT2D eigenvalue weighted by Gasteiger charge is -2.39. The lowest BCUT2D eigenvalue weighted by Crippen LogP contribution is -2.69. The Morgan fingerprint density at radius 2 is 0.900 bits per heavy atom. The summed E-state index contributed by atoms with van der Waals surface area (Å²) in [5, 5.41) is 3.30. The van der Waals surface area contributed by atoms with Crippen LogP contribution in [0.4, 0.5) is 0 Å². The third kappa shape index (κ3) is 2.90. The van der Waals surface area contributed by atoms with E-state index in [1.54, 1.807) is 10.4 Å². The van der Waals surface area contributed by atoms with Gasteiger partial charge in [0.15, 0.2) is 0 Å². The quantitative estimate of drug-likeness (QED) is 0.760. The number of hydrogen-bond donors (Lipinski definition) is 0. The first-order valence-corrected chi connectivity index (χ1v) is 18.2. The van der Waals surface area contributed by atoms with E-state index in [1.165, 1.54) is 0 Å². The largest absolute Gasteiger partial charge is 0.0750 e. The molecule has 0 heterocycles. The van der Waals surface area contributed by atoms with Crippen LogP contribution in [0, 0.1) is 0 Å². The SMILES string of the molecule is C[SiH]([Si](C)(C)c1ccccc1)[Si](C)(C)c1ccccc1. The van der Waals surface area contributed by atoms with Crippen molar-refractivity contribution in [3.63, 3.8) is 0 Å². The van der Waals surface area contributed by atoms with Crippen LogP contribution in [0.15, 0.2) is 60.7 Å². The summed E-state index contributed by atoms with van der Waals surface area (Å²) >= 11 is 0. The third-order valence-corrected chi connectivity index (χ3v) is 41.2. The van der Waals surface area contributed by atoms with Crippen molar-refractivity contribution in [2.24, 2.45) is 0 Å². The molecule has 2 aromatic rings. The van der Waals surface area contributed by atoms with Crippen molar-refractivity contribution in [1.29, 1.82) is 0 Å². The van der Waals surface area contributed by atoms with Gasteiger partial charge in [-0.3, -0.25) is 0 Å². The molecule has 0 nitrogen and oxygen atoms in total. The van der Waals surface area contributed by atoms with E-state index < -0.39 is 23.0 Å². The van der Waals surface area contributed by atoms with Gasteiger partial charge >= 0.3 is 0 Å². The van der Waals surface area contributed by atoms with Gasteiger partial charge in [0.1, 0.15) is 0 Å². The number of benzene rings is 2. The summed E-state index contributed by atoms with van der Waals surface area (Å²) in [6, 6.07) is 22.6. The monoisotopic (exact) mass is 314 g/mol. The summed E-state index contributed by atoms with van der Waals surface area (Å²) in [6.45, 7) is 13.0. The molecule has 0 saturated carbocycles. The Labute approximate surface area is 127 Å². The van der Waals surface area contributed by atoms with Crippen molar-refractivity contribution >= 4 is 33.4 Å². The molecule has 0 amide bonds. The van der Waals surface area contributed by atoms with Crippen LogP contribution in [0.25, 0.3) is 0 Å². The third-order valence-electron chi connectivity index (χ3n) is 5.20. The highest BCUT2D eigenvalue weighted by molar-refractivity contribution is 7.65. The normalized spacial score (nSPS) is 12.7. The fraction of sp³-hybridized carbons (Fsp3) is 0.294. The Kier molecular flexibility index (Phi) is 4.52. The molecule has 0 radical (unpaired) electrons. The highest BCUT2D eigenvalue weighted by Gasteiger charge is 2.43. The summed E-state index contributed by atoms with van der Waals surface area (Å²) in [6.07, 6.45) is 0. The number of hydrogen-bond acceptors (Lipinski definition) is 0. The van der Waals surface area contributed by atoms with Crippen molar-refractivity contribution < 1.29 is 0 Å². The average molecular weight is 315 g/mol. The van der Waals surface area contributed by atoms with E-state index in [0.717, 1.165) is 0 Å². The Hall–Kier alpha value is -0.909. The molecule has 20 heavy (non-hydrogen) atoms. The Balaban J connectivity index is 2.37. The minimum atomic E-state index is -1.30. The summed E-state index contributed by atoms with van der Waals surface area (Å²) in [7, 11) is -3.40. The van der Waals surface area contributed by atoms with Gasteiger partial charge in [-0.2, -0.15) is 0 Å². The van der Waals surface area contributed by atoms with Crippen LogP contribution < -0.4 is 10.4 Å². The maximum Gasteiger partial charge on any atom is 0.0683 e. The molecule has 0 aromatic heterocycles. The van der Waals surface area contributed by atoms with Gasteiger partial charge in [-0.1, -0.05) is 104 Å². The maximum atomic E-state index is 2.64. The second-order valence-electron chi connectivity index (χ2n) is 6.90. The van der Waals surface area contributed by atoms with E-state index >= 15 is 0 Å². The first kappa shape index (κ1) is 15.5. The zero-order chi connectivity index (χ0) is 14.8. The summed E-state index contributed by atoms with van der Waals surface area (Å²) in [4.78, 5) is 0. The number of rotatable bonds is 4.